The quantitative estimate of drug-likeness (QED) is 0.519. The van der Waals surface area contributed by atoms with Crippen LogP contribution in [0.3, 0.4) is 0 Å². The summed E-state index contributed by atoms with van der Waals surface area (Å²) in [6.07, 6.45) is 0. The topological polar surface area (TPSA) is 23.8 Å². The van der Waals surface area contributed by atoms with E-state index in [4.69, 9.17) is 16.9 Å². The highest BCUT2D eigenvalue weighted by Crippen LogP contribution is 2.32. The van der Waals surface area contributed by atoms with E-state index in [-0.39, 0.29) is 5.88 Å². The maximum absolute atomic E-state index is 7.49. The van der Waals surface area contributed by atoms with Gasteiger partial charge in [-0.25, -0.2) is 0 Å². The molecule has 23 heavy (non-hydrogen) atoms. The van der Waals surface area contributed by atoms with Crippen molar-refractivity contribution in [3.63, 3.8) is 0 Å². The summed E-state index contributed by atoms with van der Waals surface area (Å²) in [6, 6.07) is 34.0. The van der Waals surface area contributed by atoms with E-state index in [1.807, 2.05) is 0 Å². The third-order valence-corrected chi connectivity index (χ3v) is 5.67. The fourth-order valence-electron chi connectivity index (χ4n) is 2.18. The molecule has 114 valence electrons. The average Bonchev–Trinajstić information content (AvgIpc) is 2.65. The molecular formula is C20H17ClNP. The first-order chi connectivity index (χ1) is 11.4. The number of benzene rings is 3. The smallest absolute Gasteiger partial charge is 0.109 e. The largest absolute Gasteiger partial charge is 0.197 e. The fraction of sp³-hybridized carbons (Fsp3) is 0.0500. The Morgan fingerprint density at radius 3 is 1.13 bits per heavy atom. The molecule has 0 saturated carbocycles. The number of halogens is 1. The highest BCUT2D eigenvalue weighted by atomic mass is 35.5. The minimum atomic E-state index is -0.446. The lowest BCUT2D eigenvalue weighted by Crippen LogP contribution is -2.20. The summed E-state index contributed by atoms with van der Waals surface area (Å²) >= 11 is 4.82. The first-order valence-electron chi connectivity index (χ1n) is 7.25. The second-order valence-corrected chi connectivity index (χ2v) is 7.12. The molecule has 3 heteroatoms. The summed E-state index contributed by atoms with van der Waals surface area (Å²) in [5, 5.41) is 11.7. The van der Waals surface area contributed by atoms with E-state index in [0.717, 1.165) is 0 Å². The summed E-state index contributed by atoms with van der Waals surface area (Å²) < 4.78 is 0. The van der Waals surface area contributed by atoms with Crippen LogP contribution in [0.1, 0.15) is 0 Å². The van der Waals surface area contributed by atoms with Gasteiger partial charge in [0.15, 0.2) is 0 Å². The van der Waals surface area contributed by atoms with Crippen LogP contribution in [0.4, 0.5) is 0 Å². The van der Waals surface area contributed by atoms with E-state index in [1.54, 1.807) is 6.07 Å². The molecule has 0 atom stereocenters. The van der Waals surface area contributed by atoms with Gasteiger partial charge in [-0.15, -0.1) is 11.6 Å². The third-order valence-electron chi connectivity index (χ3n) is 3.10. The van der Waals surface area contributed by atoms with Gasteiger partial charge in [0.25, 0.3) is 0 Å². The molecule has 0 aliphatic heterocycles. The average molecular weight is 338 g/mol. The van der Waals surface area contributed by atoms with Crippen LogP contribution >= 0.6 is 19.5 Å². The summed E-state index contributed by atoms with van der Waals surface area (Å²) in [7, 11) is -0.446. The molecule has 0 amide bonds. The molecular weight excluding hydrogens is 321 g/mol. The van der Waals surface area contributed by atoms with Crippen molar-refractivity contribution in [2.24, 2.45) is 0 Å². The first-order valence-corrected chi connectivity index (χ1v) is 9.12. The Hall–Kier alpha value is -2.13. The molecule has 3 aromatic rings. The summed E-state index contributed by atoms with van der Waals surface area (Å²) in [6.45, 7) is 0. The molecule has 3 aromatic carbocycles. The third kappa shape index (κ3) is 5.22. The maximum atomic E-state index is 7.49. The zero-order chi connectivity index (χ0) is 16.3. The molecule has 0 bridgehead atoms. The molecule has 0 heterocycles. The molecule has 0 aromatic heterocycles. The number of hydrogen-bond donors (Lipinski definition) is 0. The van der Waals surface area contributed by atoms with Crippen molar-refractivity contribution in [1.29, 1.82) is 5.26 Å². The molecule has 0 unspecified atom stereocenters. The van der Waals surface area contributed by atoms with Gasteiger partial charge in [0.2, 0.25) is 0 Å². The van der Waals surface area contributed by atoms with E-state index in [9.17, 15) is 0 Å². The van der Waals surface area contributed by atoms with Crippen LogP contribution in [0.2, 0.25) is 0 Å². The molecule has 0 aliphatic rings. The molecule has 0 fully saturated rings. The minimum Gasteiger partial charge on any atom is -0.197 e. The normalized spacial score (nSPS) is 9.61. The SMILES string of the molecule is N#CCCl.c1ccc(P(c2ccccc2)c2ccccc2)cc1. The van der Waals surface area contributed by atoms with Crippen molar-refractivity contribution in [3.8, 4) is 6.07 Å². The lowest BCUT2D eigenvalue weighted by atomic mass is 10.4. The van der Waals surface area contributed by atoms with E-state index < -0.39 is 7.92 Å². The zero-order valence-corrected chi connectivity index (χ0v) is 14.3. The Morgan fingerprint density at radius 2 is 0.913 bits per heavy atom. The van der Waals surface area contributed by atoms with Crippen molar-refractivity contribution in [2.75, 3.05) is 5.88 Å². The van der Waals surface area contributed by atoms with Crippen LogP contribution in [0.15, 0.2) is 91.0 Å². The van der Waals surface area contributed by atoms with Gasteiger partial charge < -0.3 is 0 Å². The Balaban J connectivity index is 0.000000433. The summed E-state index contributed by atoms with van der Waals surface area (Å²) in [5.74, 6) is 0.0972. The predicted octanol–water partition coefficient (Wildman–Crippen LogP) is 4.19. The monoisotopic (exact) mass is 337 g/mol. The predicted molar refractivity (Wildman–Crippen MR) is 101 cm³/mol. The van der Waals surface area contributed by atoms with E-state index in [2.05, 4.69) is 91.0 Å². The maximum Gasteiger partial charge on any atom is 0.109 e. The molecule has 0 radical (unpaired) electrons. The van der Waals surface area contributed by atoms with Crippen LogP contribution < -0.4 is 15.9 Å². The number of nitrogens with zero attached hydrogens (tertiary/aromatic N) is 1. The lowest BCUT2D eigenvalue weighted by molar-refractivity contribution is 1.49. The van der Waals surface area contributed by atoms with Gasteiger partial charge in [-0.1, -0.05) is 91.0 Å². The standard InChI is InChI=1S/C18H15P.C2H2ClN/c1-4-10-16(11-5-1)19(17-12-6-2-7-13-17)18-14-8-3-9-15-18;3-1-2-4/h1-15H;1H2. The molecule has 0 spiro atoms. The van der Waals surface area contributed by atoms with Gasteiger partial charge in [0.1, 0.15) is 5.88 Å². The van der Waals surface area contributed by atoms with Gasteiger partial charge >= 0.3 is 0 Å². The highest BCUT2D eigenvalue weighted by Gasteiger charge is 2.14. The van der Waals surface area contributed by atoms with E-state index in [0.29, 0.717) is 0 Å². The Kier molecular flexibility index (Phi) is 7.34. The second kappa shape index (κ2) is 9.80. The van der Waals surface area contributed by atoms with Crippen LogP contribution in [0.5, 0.6) is 0 Å². The first kappa shape index (κ1) is 17.2. The van der Waals surface area contributed by atoms with E-state index >= 15 is 0 Å². The van der Waals surface area contributed by atoms with Gasteiger partial charge in [0, 0.05) is 0 Å². The lowest BCUT2D eigenvalue weighted by Gasteiger charge is -2.18. The summed E-state index contributed by atoms with van der Waals surface area (Å²) in [4.78, 5) is 0. The number of hydrogen-bond acceptors (Lipinski definition) is 1. The Bertz CT molecular complexity index is 630. The van der Waals surface area contributed by atoms with Gasteiger partial charge in [-0.3, -0.25) is 0 Å². The van der Waals surface area contributed by atoms with E-state index in [1.165, 1.54) is 15.9 Å². The van der Waals surface area contributed by atoms with Crippen LogP contribution in [0.25, 0.3) is 0 Å². The van der Waals surface area contributed by atoms with Gasteiger partial charge in [0.05, 0.1) is 6.07 Å². The van der Waals surface area contributed by atoms with Crippen molar-refractivity contribution >= 4 is 35.4 Å². The van der Waals surface area contributed by atoms with Crippen LogP contribution in [0, 0.1) is 11.3 Å². The molecule has 0 saturated heterocycles. The molecule has 0 aliphatic carbocycles. The Morgan fingerprint density at radius 1 is 0.652 bits per heavy atom. The highest BCUT2D eigenvalue weighted by molar-refractivity contribution is 7.79. The number of nitriles is 1. The second-order valence-electron chi connectivity index (χ2n) is 4.63. The van der Waals surface area contributed by atoms with Crippen molar-refractivity contribution in [3.05, 3.63) is 91.0 Å². The zero-order valence-electron chi connectivity index (χ0n) is 12.6. The van der Waals surface area contributed by atoms with Crippen LogP contribution in [-0.4, -0.2) is 5.88 Å². The number of rotatable bonds is 3. The fourth-order valence-corrected chi connectivity index (χ4v) is 4.48. The van der Waals surface area contributed by atoms with Crippen molar-refractivity contribution in [1.82, 2.24) is 0 Å². The van der Waals surface area contributed by atoms with Crippen molar-refractivity contribution in [2.45, 2.75) is 0 Å². The molecule has 3 rings (SSSR count). The minimum absolute atomic E-state index is 0.0972. The van der Waals surface area contributed by atoms with Gasteiger partial charge in [-0.2, -0.15) is 5.26 Å². The van der Waals surface area contributed by atoms with Crippen molar-refractivity contribution < 1.29 is 0 Å². The summed E-state index contributed by atoms with van der Waals surface area (Å²) in [5.41, 5.74) is 0. The number of alkyl halides is 1. The van der Waals surface area contributed by atoms with Gasteiger partial charge in [-0.05, 0) is 23.8 Å². The molecule has 1 nitrogen and oxygen atoms in total. The Labute approximate surface area is 143 Å². The molecule has 0 N–H and O–H groups in total. The van der Waals surface area contributed by atoms with Crippen LogP contribution in [-0.2, 0) is 0 Å².